The van der Waals surface area contributed by atoms with E-state index in [1.165, 1.54) is 0 Å². The van der Waals surface area contributed by atoms with Crippen LogP contribution in [0.5, 0.6) is 0 Å². The van der Waals surface area contributed by atoms with Gasteiger partial charge in [0.05, 0.1) is 5.69 Å². The number of nitrogens with zero attached hydrogens (tertiary/aromatic N) is 4. The van der Waals surface area contributed by atoms with Crippen LogP contribution < -0.4 is 0 Å². The molecule has 3 rings (SSSR count). The number of pyridine rings is 2. The molecule has 3 heterocycles. The molecule has 0 aliphatic rings. The summed E-state index contributed by atoms with van der Waals surface area (Å²) >= 11 is 3.40. The van der Waals surface area contributed by atoms with E-state index in [0.717, 1.165) is 21.4 Å². The van der Waals surface area contributed by atoms with Crippen molar-refractivity contribution in [2.24, 2.45) is 0 Å². The van der Waals surface area contributed by atoms with Crippen LogP contribution >= 0.6 is 15.9 Å². The fourth-order valence-electron chi connectivity index (χ4n) is 1.69. The van der Waals surface area contributed by atoms with Gasteiger partial charge >= 0.3 is 0 Å². The van der Waals surface area contributed by atoms with Gasteiger partial charge in [-0.05, 0) is 40.2 Å². The number of hydrogen-bond donors (Lipinski definition) is 0. The van der Waals surface area contributed by atoms with Crippen LogP contribution in [0.3, 0.4) is 0 Å². The van der Waals surface area contributed by atoms with Crippen molar-refractivity contribution in [3.8, 4) is 22.8 Å². The summed E-state index contributed by atoms with van der Waals surface area (Å²) in [6.07, 6.45) is 6.97. The number of aromatic nitrogens is 4. The lowest BCUT2D eigenvalue weighted by atomic mass is 10.2. The van der Waals surface area contributed by atoms with Gasteiger partial charge < -0.3 is 0 Å². The van der Waals surface area contributed by atoms with E-state index in [2.05, 4.69) is 35.9 Å². The summed E-state index contributed by atoms with van der Waals surface area (Å²) in [6.45, 7) is 0. The SMILES string of the molecule is Brc1cncc(-c2ccnc(-c3ccccn3)n2)c1. The first-order valence-corrected chi connectivity index (χ1v) is 6.47. The van der Waals surface area contributed by atoms with Gasteiger partial charge in [0.15, 0.2) is 5.82 Å². The Balaban J connectivity index is 2.06. The molecule has 5 heteroatoms. The molecule has 3 aromatic rings. The highest BCUT2D eigenvalue weighted by Crippen LogP contribution is 2.21. The molecule has 0 fully saturated rings. The minimum absolute atomic E-state index is 0.609. The van der Waals surface area contributed by atoms with Crippen molar-refractivity contribution in [2.75, 3.05) is 0 Å². The summed E-state index contributed by atoms with van der Waals surface area (Å²) in [7, 11) is 0. The Morgan fingerprint density at radius 1 is 0.895 bits per heavy atom. The fourth-order valence-corrected chi connectivity index (χ4v) is 2.05. The van der Waals surface area contributed by atoms with Gasteiger partial charge in [-0.25, -0.2) is 9.97 Å². The first kappa shape index (κ1) is 11.9. The Bertz CT molecular complexity index is 701. The highest BCUT2D eigenvalue weighted by molar-refractivity contribution is 9.10. The maximum absolute atomic E-state index is 4.52. The van der Waals surface area contributed by atoms with E-state index >= 15 is 0 Å². The molecular formula is C14H9BrN4. The molecule has 19 heavy (non-hydrogen) atoms. The van der Waals surface area contributed by atoms with Crippen molar-refractivity contribution in [1.29, 1.82) is 0 Å². The summed E-state index contributed by atoms with van der Waals surface area (Å²) in [4.78, 5) is 17.2. The molecular weight excluding hydrogens is 304 g/mol. The summed E-state index contributed by atoms with van der Waals surface area (Å²) in [5, 5.41) is 0. The van der Waals surface area contributed by atoms with Gasteiger partial charge in [-0.2, -0.15) is 0 Å². The zero-order valence-corrected chi connectivity index (χ0v) is 11.4. The molecule has 0 aromatic carbocycles. The average molecular weight is 313 g/mol. The Hall–Kier alpha value is -2.14. The number of hydrogen-bond acceptors (Lipinski definition) is 4. The normalized spacial score (nSPS) is 10.4. The second kappa shape index (κ2) is 5.24. The highest BCUT2D eigenvalue weighted by atomic mass is 79.9. The standard InChI is InChI=1S/C14H9BrN4/c15-11-7-10(8-16-9-11)12-4-6-18-14(19-12)13-3-1-2-5-17-13/h1-9H. The quantitative estimate of drug-likeness (QED) is 0.728. The van der Waals surface area contributed by atoms with Crippen LogP contribution in [0.1, 0.15) is 0 Å². The first-order valence-electron chi connectivity index (χ1n) is 5.68. The Labute approximate surface area is 118 Å². The molecule has 0 radical (unpaired) electrons. The molecule has 0 saturated heterocycles. The largest absolute Gasteiger partial charge is 0.263 e. The summed E-state index contributed by atoms with van der Waals surface area (Å²) < 4.78 is 0.919. The second-order valence-corrected chi connectivity index (χ2v) is 4.79. The molecule has 0 bridgehead atoms. The van der Waals surface area contributed by atoms with E-state index in [-0.39, 0.29) is 0 Å². The predicted octanol–water partition coefficient (Wildman–Crippen LogP) is 3.36. The van der Waals surface area contributed by atoms with E-state index in [4.69, 9.17) is 0 Å². The highest BCUT2D eigenvalue weighted by Gasteiger charge is 2.05. The molecule has 0 aliphatic heterocycles. The Morgan fingerprint density at radius 3 is 2.63 bits per heavy atom. The van der Waals surface area contributed by atoms with Crippen LogP contribution in [0.2, 0.25) is 0 Å². The van der Waals surface area contributed by atoms with Crippen molar-refractivity contribution in [3.05, 3.63) is 59.6 Å². The molecule has 92 valence electrons. The third-order valence-corrected chi connectivity index (χ3v) is 2.98. The van der Waals surface area contributed by atoms with Gasteiger partial charge in [-0.15, -0.1) is 0 Å². The van der Waals surface area contributed by atoms with Crippen LogP contribution in [-0.4, -0.2) is 19.9 Å². The zero-order chi connectivity index (χ0) is 13.1. The van der Waals surface area contributed by atoms with Gasteiger partial charge in [0, 0.05) is 34.8 Å². The maximum Gasteiger partial charge on any atom is 0.178 e. The van der Waals surface area contributed by atoms with Gasteiger partial charge in [0.25, 0.3) is 0 Å². The lowest BCUT2D eigenvalue weighted by molar-refractivity contribution is 1.14. The second-order valence-electron chi connectivity index (χ2n) is 3.87. The van der Waals surface area contributed by atoms with Crippen LogP contribution in [0.4, 0.5) is 0 Å². The third kappa shape index (κ3) is 2.66. The average Bonchev–Trinajstić information content (AvgIpc) is 2.48. The van der Waals surface area contributed by atoms with Crippen molar-refractivity contribution < 1.29 is 0 Å². The van der Waals surface area contributed by atoms with Crippen molar-refractivity contribution in [3.63, 3.8) is 0 Å². The van der Waals surface area contributed by atoms with Crippen LogP contribution in [-0.2, 0) is 0 Å². The van der Waals surface area contributed by atoms with Crippen LogP contribution in [0.25, 0.3) is 22.8 Å². The Morgan fingerprint density at radius 2 is 1.84 bits per heavy atom. The summed E-state index contributed by atoms with van der Waals surface area (Å²) in [5.74, 6) is 0.609. The lowest BCUT2D eigenvalue weighted by Crippen LogP contribution is -1.93. The lowest BCUT2D eigenvalue weighted by Gasteiger charge is -2.03. The minimum Gasteiger partial charge on any atom is -0.263 e. The molecule has 4 nitrogen and oxygen atoms in total. The van der Waals surface area contributed by atoms with E-state index < -0.39 is 0 Å². The van der Waals surface area contributed by atoms with E-state index in [0.29, 0.717) is 5.82 Å². The molecule has 3 aromatic heterocycles. The van der Waals surface area contributed by atoms with E-state index in [1.807, 2.05) is 30.3 Å². The van der Waals surface area contributed by atoms with E-state index in [1.54, 1.807) is 24.8 Å². The molecule has 0 saturated carbocycles. The monoisotopic (exact) mass is 312 g/mol. The predicted molar refractivity (Wildman–Crippen MR) is 76.2 cm³/mol. The number of rotatable bonds is 2. The fraction of sp³-hybridized carbons (Fsp3) is 0. The zero-order valence-electron chi connectivity index (χ0n) is 9.86. The smallest absolute Gasteiger partial charge is 0.178 e. The van der Waals surface area contributed by atoms with Crippen molar-refractivity contribution in [1.82, 2.24) is 19.9 Å². The first-order chi connectivity index (χ1) is 9.33. The maximum atomic E-state index is 4.52. The third-order valence-electron chi connectivity index (χ3n) is 2.55. The molecule has 0 amide bonds. The Kier molecular flexibility index (Phi) is 3.29. The summed E-state index contributed by atoms with van der Waals surface area (Å²) in [6, 6.07) is 9.50. The minimum atomic E-state index is 0.609. The summed E-state index contributed by atoms with van der Waals surface area (Å²) in [5.41, 5.74) is 2.52. The topological polar surface area (TPSA) is 51.6 Å². The molecule has 0 N–H and O–H groups in total. The van der Waals surface area contributed by atoms with E-state index in [9.17, 15) is 0 Å². The van der Waals surface area contributed by atoms with Gasteiger partial charge in [-0.3, -0.25) is 9.97 Å². The van der Waals surface area contributed by atoms with Crippen LogP contribution in [0, 0.1) is 0 Å². The molecule has 0 aliphatic carbocycles. The van der Waals surface area contributed by atoms with Crippen molar-refractivity contribution in [2.45, 2.75) is 0 Å². The van der Waals surface area contributed by atoms with Crippen molar-refractivity contribution >= 4 is 15.9 Å². The van der Waals surface area contributed by atoms with Gasteiger partial charge in [0.2, 0.25) is 0 Å². The molecule has 0 unspecified atom stereocenters. The van der Waals surface area contributed by atoms with Crippen LogP contribution in [0.15, 0.2) is 59.6 Å². The van der Waals surface area contributed by atoms with Gasteiger partial charge in [-0.1, -0.05) is 6.07 Å². The number of halogens is 1. The molecule has 0 spiro atoms. The van der Waals surface area contributed by atoms with Gasteiger partial charge in [0.1, 0.15) is 5.69 Å². The molecule has 0 atom stereocenters.